The third-order valence-electron chi connectivity index (χ3n) is 11.2. The van der Waals surface area contributed by atoms with Crippen LogP contribution in [0, 0.1) is 52.3 Å². The lowest BCUT2D eigenvalue weighted by atomic mass is 9.47. The average molecular weight is 417 g/mol. The SMILES string of the molecule is CC(CO)C(C)CC[C@@H](C)[C@H]1CC[C@H]2[C@@H]3CC=C4C[C@@H](O)CC[C@]4(C)[C@H]3CC[C@]12C. The zero-order chi connectivity index (χ0) is 21.7. The van der Waals surface area contributed by atoms with E-state index in [-0.39, 0.29) is 6.10 Å². The Labute approximate surface area is 185 Å². The van der Waals surface area contributed by atoms with Crippen molar-refractivity contribution in [1.29, 1.82) is 0 Å². The third-order valence-corrected chi connectivity index (χ3v) is 11.2. The van der Waals surface area contributed by atoms with E-state index in [1.807, 2.05) is 0 Å². The number of allylic oxidation sites excluding steroid dienone is 1. The van der Waals surface area contributed by atoms with Crippen LogP contribution in [0.5, 0.6) is 0 Å². The molecule has 2 heteroatoms. The highest BCUT2D eigenvalue weighted by Crippen LogP contribution is 2.67. The van der Waals surface area contributed by atoms with Gasteiger partial charge in [0, 0.05) is 6.61 Å². The van der Waals surface area contributed by atoms with Crippen LogP contribution in [-0.4, -0.2) is 22.9 Å². The molecule has 3 saturated carbocycles. The predicted molar refractivity (Wildman–Crippen MR) is 125 cm³/mol. The first-order valence-electron chi connectivity index (χ1n) is 13.2. The normalized spacial score (nSPS) is 46.2. The van der Waals surface area contributed by atoms with Crippen LogP contribution in [0.25, 0.3) is 0 Å². The van der Waals surface area contributed by atoms with Crippen molar-refractivity contribution in [1.82, 2.24) is 0 Å². The molecule has 2 unspecified atom stereocenters. The summed E-state index contributed by atoms with van der Waals surface area (Å²) in [6.07, 6.45) is 15.2. The van der Waals surface area contributed by atoms with E-state index in [4.69, 9.17) is 0 Å². The van der Waals surface area contributed by atoms with Crippen LogP contribution in [0.2, 0.25) is 0 Å². The Hall–Kier alpha value is -0.340. The summed E-state index contributed by atoms with van der Waals surface area (Å²) < 4.78 is 0. The summed E-state index contributed by atoms with van der Waals surface area (Å²) in [5.41, 5.74) is 2.49. The smallest absolute Gasteiger partial charge is 0.0577 e. The first kappa shape index (κ1) is 22.8. The van der Waals surface area contributed by atoms with Gasteiger partial charge in [-0.3, -0.25) is 0 Å². The van der Waals surface area contributed by atoms with Gasteiger partial charge >= 0.3 is 0 Å². The molecule has 0 heterocycles. The fourth-order valence-electron chi connectivity index (χ4n) is 8.81. The zero-order valence-corrected chi connectivity index (χ0v) is 20.4. The molecular weight excluding hydrogens is 368 g/mol. The van der Waals surface area contributed by atoms with Crippen LogP contribution in [0.3, 0.4) is 0 Å². The summed E-state index contributed by atoms with van der Waals surface area (Å²) in [5, 5.41) is 19.7. The van der Waals surface area contributed by atoms with Crippen molar-refractivity contribution in [3.05, 3.63) is 11.6 Å². The molecule has 0 amide bonds. The summed E-state index contributed by atoms with van der Waals surface area (Å²) in [6, 6.07) is 0. The van der Waals surface area contributed by atoms with Crippen LogP contribution in [0.1, 0.15) is 98.8 Å². The standard InChI is InChI=1S/C28H48O2/c1-18(20(3)17-29)6-7-19(2)24-10-11-25-23-9-8-21-16-22(30)12-14-27(21,4)26(23)13-15-28(24,25)5/h8,18-20,22-26,29-30H,6-7,9-17H2,1-5H3/t18?,19-,20?,22+,23+,24-,25+,26+,27+,28-/m1/s1. The van der Waals surface area contributed by atoms with Gasteiger partial charge < -0.3 is 10.2 Å². The molecule has 4 aliphatic rings. The number of hydrogen-bond acceptors (Lipinski definition) is 2. The van der Waals surface area contributed by atoms with E-state index in [2.05, 4.69) is 40.7 Å². The largest absolute Gasteiger partial charge is 0.396 e. The maximum absolute atomic E-state index is 10.2. The van der Waals surface area contributed by atoms with E-state index in [1.165, 1.54) is 51.4 Å². The first-order valence-corrected chi connectivity index (χ1v) is 13.2. The number of fused-ring (bicyclic) bond motifs is 5. The van der Waals surface area contributed by atoms with Gasteiger partial charge in [-0.25, -0.2) is 0 Å². The molecule has 0 aromatic carbocycles. The van der Waals surface area contributed by atoms with Gasteiger partial charge in [0.2, 0.25) is 0 Å². The van der Waals surface area contributed by atoms with Crippen LogP contribution in [0.15, 0.2) is 11.6 Å². The lowest BCUT2D eigenvalue weighted by molar-refractivity contribution is -0.0575. The van der Waals surface area contributed by atoms with Gasteiger partial charge in [-0.05, 0) is 104 Å². The highest BCUT2D eigenvalue weighted by molar-refractivity contribution is 5.25. The Morgan fingerprint density at radius 1 is 0.967 bits per heavy atom. The highest BCUT2D eigenvalue weighted by Gasteiger charge is 2.59. The molecule has 0 spiro atoms. The monoisotopic (exact) mass is 416 g/mol. The quantitative estimate of drug-likeness (QED) is 0.478. The van der Waals surface area contributed by atoms with Crippen molar-refractivity contribution in [2.75, 3.05) is 6.61 Å². The maximum atomic E-state index is 10.2. The molecule has 4 rings (SSSR count). The van der Waals surface area contributed by atoms with Crippen molar-refractivity contribution in [3.8, 4) is 0 Å². The zero-order valence-electron chi connectivity index (χ0n) is 20.4. The molecule has 0 aromatic rings. The van der Waals surface area contributed by atoms with Gasteiger partial charge in [-0.1, -0.05) is 59.1 Å². The van der Waals surface area contributed by atoms with E-state index in [0.29, 0.717) is 29.3 Å². The minimum Gasteiger partial charge on any atom is -0.396 e. The number of rotatable bonds is 6. The minimum absolute atomic E-state index is 0.0950. The molecule has 3 fully saturated rings. The fourth-order valence-corrected chi connectivity index (χ4v) is 8.81. The Morgan fingerprint density at radius 3 is 2.47 bits per heavy atom. The Bertz CT molecular complexity index is 641. The van der Waals surface area contributed by atoms with E-state index in [1.54, 1.807) is 5.57 Å². The number of aliphatic hydroxyl groups excluding tert-OH is 2. The summed E-state index contributed by atoms with van der Waals surface area (Å²) >= 11 is 0. The molecule has 2 N–H and O–H groups in total. The summed E-state index contributed by atoms with van der Waals surface area (Å²) in [6.45, 7) is 12.6. The Kier molecular flexibility index (Phi) is 6.50. The molecule has 4 aliphatic carbocycles. The molecular formula is C28H48O2. The second kappa shape index (κ2) is 8.54. The second-order valence-electron chi connectivity index (χ2n) is 12.6. The van der Waals surface area contributed by atoms with Crippen LogP contribution >= 0.6 is 0 Å². The molecule has 172 valence electrons. The van der Waals surface area contributed by atoms with Crippen LogP contribution in [0.4, 0.5) is 0 Å². The Morgan fingerprint density at radius 2 is 1.73 bits per heavy atom. The lowest BCUT2D eigenvalue weighted by Crippen LogP contribution is -2.50. The number of hydrogen-bond donors (Lipinski definition) is 2. The van der Waals surface area contributed by atoms with Gasteiger partial charge in [0.25, 0.3) is 0 Å². The van der Waals surface area contributed by atoms with Crippen molar-refractivity contribution >= 4 is 0 Å². The molecule has 0 bridgehead atoms. The first-order chi connectivity index (χ1) is 14.2. The topological polar surface area (TPSA) is 40.5 Å². The van der Waals surface area contributed by atoms with Gasteiger partial charge in [0.1, 0.15) is 0 Å². The van der Waals surface area contributed by atoms with Crippen LogP contribution in [-0.2, 0) is 0 Å². The fraction of sp³-hybridized carbons (Fsp3) is 0.929. The number of aliphatic hydroxyl groups is 2. The van der Waals surface area contributed by atoms with E-state index < -0.39 is 0 Å². The molecule has 30 heavy (non-hydrogen) atoms. The second-order valence-corrected chi connectivity index (χ2v) is 12.6. The van der Waals surface area contributed by atoms with Crippen molar-refractivity contribution in [2.24, 2.45) is 52.3 Å². The maximum Gasteiger partial charge on any atom is 0.0577 e. The minimum atomic E-state index is -0.0950. The van der Waals surface area contributed by atoms with E-state index in [0.717, 1.165) is 42.4 Å². The average Bonchev–Trinajstić information content (AvgIpc) is 3.09. The summed E-state index contributed by atoms with van der Waals surface area (Å²) in [7, 11) is 0. The van der Waals surface area contributed by atoms with E-state index >= 15 is 0 Å². The van der Waals surface area contributed by atoms with Gasteiger partial charge in [-0.15, -0.1) is 0 Å². The molecule has 2 nitrogen and oxygen atoms in total. The summed E-state index contributed by atoms with van der Waals surface area (Å²) in [5.74, 6) is 5.37. The highest BCUT2D eigenvalue weighted by atomic mass is 16.3. The van der Waals surface area contributed by atoms with Crippen molar-refractivity contribution in [3.63, 3.8) is 0 Å². The van der Waals surface area contributed by atoms with Gasteiger partial charge in [0.05, 0.1) is 6.10 Å². The molecule has 0 radical (unpaired) electrons. The van der Waals surface area contributed by atoms with Crippen LogP contribution < -0.4 is 0 Å². The third kappa shape index (κ3) is 3.72. The van der Waals surface area contributed by atoms with Gasteiger partial charge in [-0.2, -0.15) is 0 Å². The van der Waals surface area contributed by atoms with Crippen molar-refractivity contribution < 1.29 is 10.2 Å². The lowest BCUT2D eigenvalue weighted by Gasteiger charge is -2.58. The molecule has 0 aliphatic heterocycles. The molecule has 10 atom stereocenters. The summed E-state index contributed by atoms with van der Waals surface area (Å²) in [4.78, 5) is 0. The van der Waals surface area contributed by atoms with Crippen molar-refractivity contribution in [2.45, 2.75) is 105 Å². The molecule has 0 aromatic heterocycles. The van der Waals surface area contributed by atoms with E-state index in [9.17, 15) is 10.2 Å². The predicted octanol–water partition coefficient (Wildman–Crippen LogP) is 6.61. The van der Waals surface area contributed by atoms with Gasteiger partial charge in [0.15, 0.2) is 0 Å². The molecule has 0 saturated heterocycles. The Balaban J connectivity index is 1.46.